The molecule has 300 valence electrons. The van der Waals surface area contributed by atoms with Gasteiger partial charge in [0.25, 0.3) is 0 Å². The van der Waals surface area contributed by atoms with Gasteiger partial charge in [-0.25, -0.2) is 0 Å². The Labute approximate surface area is 378 Å². The summed E-state index contributed by atoms with van der Waals surface area (Å²) in [4.78, 5) is 9.51. The van der Waals surface area contributed by atoms with Gasteiger partial charge in [0.2, 0.25) is 0 Å². The Bertz CT molecular complexity index is 3170. The van der Waals surface area contributed by atoms with Gasteiger partial charge in [0, 0.05) is 76.3 Å². The number of rotatable bonds is 7. The van der Waals surface area contributed by atoms with Crippen molar-refractivity contribution in [3.05, 3.63) is 194 Å². The Balaban J connectivity index is 0.00000445. The van der Waals surface area contributed by atoms with Crippen LogP contribution in [0.25, 0.3) is 63.8 Å². The summed E-state index contributed by atoms with van der Waals surface area (Å²) in [6.45, 7) is 8.92. The molecule has 0 aliphatic carbocycles. The molecule has 0 saturated carbocycles. The van der Waals surface area contributed by atoms with Crippen molar-refractivity contribution >= 4 is 75.7 Å². The molecule has 4 nitrogen and oxygen atoms in total. The Hall–Kier alpha value is -6.04. The smallest absolute Gasteiger partial charge is 0.107 e. The fourth-order valence-electron chi connectivity index (χ4n) is 8.35. The summed E-state index contributed by atoms with van der Waals surface area (Å²) in [6, 6.07) is 65.2. The molecule has 0 amide bonds. The topological polar surface area (TPSA) is 28.6 Å². The van der Waals surface area contributed by atoms with Gasteiger partial charge in [-0.2, -0.15) is 22.8 Å². The van der Waals surface area contributed by atoms with Gasteiger partial charge in [-0.05, 0) is 63.2 Å². The zero-order chi connectivity index (χ0) is 40.4. The molecular weight excluding hydrogens is 966 g/mol. The maximum atomic E-state index is 6.71. The van der Waals surface area contributed by atoms with E-state index in [1.165, 1.54) is 25.7 Å². The predicted octanol–water partition coefficient (Wildman–Crippen LogP) is 15.8. The van der Waals surface area contributed by atoms with E-state index in [1.807, 2.05) is 29.7 Å². The van der Waals surface area contributed by atoms with E-state index in [2.05, 4.69) is 201 Å². The van der Waals surface area contributed by atoms with Crippen molar-refractivity contribution in [3.63, 3.8) is 0 Å². The molecule has 0 atom stereocenters. The predicted molar refractivity (Wildman–Crippen MR) is 253 cm³/mol. The molecular formula is C54H38N3OPtS2-3. The number of hydrogen-bond acceptors (Lipinski definition) is 6. The fraction of sp³-hybridized carbons (Fsp3) is 0.0741. The van der Waals surface area contributed by atoms with Crippen LogP contribution in [0.1, 0.15) is 26.3 Å². The first kappa shape index (κ1) is 39.1. The average Bonchev–Trinajstić information content (AvgIpc) is 3.99. The van der Waals surface area contributed by atoms with Crippen LogP contribution in [0.15, 0.2) is 170 Å². The zero-order valence-electron chi connectivity index (χ0n) is 33.6. The largest absolute Gasteiger partial charge is 0.493 e. The van der Waals surface area contributed by atoms with Crippen molar-refractivity contribution < 1.29 is 25.8 Å². The minimum absolute atomic E-state index is 0. The van der Waals surface area contributed by atoms with E-state index >= 15 is 0 Å². The number of pyridine rings is 1. The van der Waals surface area contributed by atoms with Crippen LogP contribution in [0.5, 0.6) is 10.8 Å². The minimum atomic E-state index is -0.0192. The van der Waals surface area contributed by atoms with E-state index in [0.29, 0.717) is 10.8 Å². The number of para-hydroxylation sites is 3. The first-order valence-corrected chi connectivity index (χ1v) is 21.7. The average molecular weight is 1000 g/mol. The van der Waals surface area contributed by atoms with Crippen molar-refractivity contribution in [3.8, 4) is 44.3 Å². The quantitative estimate of drug-likeness (QED) is 0.149. The summed E-state index contributed by atoms with van der Waals surface area (Å²) in [5.74, 6) is 0.621. The van der Waals surface area contributed by atoms with Gasteiger partial charge in [-0.3, -0.25) is 4.98 Å². The molecule has 0 unspecified atom stereocenters. The fourth-order valence-corrected chi connectivity index (χ4v) is 10.5. The van der Waals surface area contributed by atoms with Crippen LogP contribution in [-0.4, -0.2) is 4.98 Å². The second-order valence-corrected chi connectivity index (χ2v) is 18.2. The Morgan fingerprint density at radius 2 is 1.26 bits per heavy atom. The van der Waals surface area contributed by atoms with E-state index in [4.69, 9.17) is 9.72 Å². The van der Waals surface area contributed by atoms with Gasteiger partial charge in [-0.15, -0.1) is 48.0 Å². The molecule has 7 heteroatoms. The van der Waals surface area contributed by atoms with E-state index in [9.17, 15) is 0 Å². The minimum Gasteiger partial charge on any atom is -0.493 e. The molecule has 0 bridgehead atoms. The van der Waals surface area contributed by atoms with Gasteiger partial charge < -0.3 is 14.5 Å². The SMILES string of the molecule is CC(C)(C)c1ccnc(-c2c3[c-]c(Oc4[c-]c(N5[CH-]N(c6c(-c7ccccc7)cccc6-c6ccccc6)c6ccccc65)ccc4)sc3cc3sc4ccccc4c23)c1.[Pt]. The van der Waals surface area contributed by atoms with Crippen LogP contribution in [-0.2, 0) is 26.5 Å². The Kier molecular flexibility index (Phi) is 10.1. The van der Waals surface area contributed by atoms with Gasteiger partial charge in [0.15, 0.2) is 0 Å². The van der Waals surface area contributed by atoms with Crippen LogP contribution in [0.4, 0.5) is 22.7 Å². The molecule has 1 aliphatic heterocycles. The first-order chi connectivity index (χ1) is 29.4. The molecule has 7 aromatic carbocycles. The summed E-state index contributed by atoms with van der Waals surface area (Å²) >= 11 is 3.43. The third-order valence-corrected chi connectivity index (χ3v) is 13.3. The van der Waals surface area contributed by atoms with Crippen molar-refractivity contribution in [1.29, 1.82) is 0 Å². The van der Waals surface area contributed by atoms with E-state index in [-0.39, 0.29) is 26.5 Å². The van der Waals surface area contributed by atoms with Crippen LogP contribution in [0.2, 0.25) is 0 Å². The van der Waals surface area contributed by atoms with Crippen LogP contribution < -0.4 is 14.5 Å². The molecule has 3 aromatic heterocycles. The standard InChI is InChI=1S/C54H38N3OS2.Pt/c1-54(2,3)37-28-29-55-44(30-37)51-43-32-50(60-48(43)33-49-52(51)42-22-10-13-27-47(42)59-49)58-39-21-14-20-38(31-39)56-34-57(46-26-12-11-25-45(46)56)53-40(35-16-6-4-7-17-35)23-15-24-41(53)36-18-8-5-9-19-36;/h4-30,33-34H,1-3H3;/q-3;. The molecule has 0 fully saturated rings. The van der Waals surface area contributed by atoms with Crippen LogP contribution >= 0.6 is 22.7 Å². The van der Waals surface area contributed by atoms with Crippen LogP contribution in [0, 0.1) is 18.8 Å². The van der Waals surface area contributed by atoms with Gasteiger partial charge in [0.05, 0.1) is 0 Å². The summed E-state index contributed by atoms with van der Waals surface area (Å²) < 4.78 is 10.3. The van der Waals surface area contributed by atoms with E-state index in [1.54, 1.807) is 11.3 Å². The van der Waals surface area contributed by atoms with Crippen LogP contribution in [0.3, 0.4) is 0 Å². The van der Waals surface area contributed by atoms with Crippen molar-refractivity contribution in [2.75, 3.05) is 9.80 Å². The molecule has 61 heavy (non-hydrogen) atoms. The first-order valence-electron chi connectivity index (χ1n) is 20.1. The van der Waals surface area contributed by atoms with Crippen molar-refractivity contribution in [1.82, 2.24) is 4.98 Å². The van der Waals surface area contributed by atoms with Gasteiger partial charge in [0.1, 0.15) is 5.06 Å². The molecule has 0 spiro atoms. The molecule has 1 aliphatic rings. The maximum Gasteiger partial charge on any atom is 0.107 e. The van der Waals surface area contributed by atoms with Crippen molar-refractivity contribution in [2.45, 2.75) is 26.2 Å². The summed E-state index contributed by atoms with van der Waals surface area (Å²) in [6.07, 6.45) is 1.94. The molecule has 10 aromatic rings. The summed E-state index contributed by atoms with van der Waals surface area (Å²) in [5.41, 5.74) is 12.0. The number of ether oxygens (including phenoxy) is 1. The zero-order valence-corrected chi connectivity index (χ0v) is 37.5. The van der Waals surface area contributed by atoms with E-state index < -0.39 is 0 Å². The number of thiophene rings is 2. The maximum absolute atomic E-state index is 6.71. The van der Waals surface area contributed by atoms with Crippen molar-refractivity contribution in [2.24, 2.45) is 0 Å². The molecule has 0 saturated heterocycles. The van der Waals surface area contributed by atoms with Gasteiger partial charge >= 0.3 is 0 Å². The third-order valence-electron chi connectivity index (χ3n) is 11.2. The number of hydrogen-bond donors (Lipinski definition) is 0. The number of benzene rings is 7. The van der Waals surface area contributed by atoms with Gasteiger partial charge in [-0.1, -0.05) is 146 Å². The normalized spacial score (nSPS) is 12.6. The monoisotopic (exact) mass is 1000 g/mol. The molecule has 11 rings (SSSR count). The Morgan fingerprint density at radius 1 is 0.607 bits per heavy atom. The number of fused-ring (bicyclic) bond motifs is 5. The summed E-state index contributed by atoms with van der Waals surface area (Å²) in [5, 5.41) is 4.15. The molecule has 4 heterocycles. The second kappa shape index (κ2) is 15.8. The second-order valence-electron chi connectivity index (χ2n) is 16.1. The third kappa shape index (κ3) is 7.03. The summed E-state index contributed by atoms with van der Waals surface area (Å²) in [7, 11) is 0. The number of nitrogens with zero attached hydrogens (tertiary/aromatic N) is 3. The number of aromatic nitrogens is 1. The molecule has 0 radical (unpaired) electrons. The number of anilines is 4. The van der Waals surface area contributed by atoms with E-state index in [0.717, 1.165) is 66.3 Å². The molecule has 0 N–H and O–H groups in total. The Morgan fingerprint density at radius 3 is 1.98 bits per heavy atom.